The van der Waals surface area contributed by atoms with Gasteiger partial charge in [-0.05, 0) is 12.8 Å². The van der Waals surface area contributed by atoms with Gasteiger partial charge >= 0.3 is 16.4 Å². The molecule has 1 aromatic rings. The molecule has 3 atom stereocenters. The lowest BCUT2D eigenvalue weighted by Crippen LogP contribution is -2.42. The van der Waals surface area contributed by atoms with Crippen molar-refractivity contribution >= 4 is 16.4 Å². The maximum Gasteiger partial charge on any atom is 0.418 e. The monoisotopic (exact) mass is 374 g/mol. The summed E-state index contributed by atoms with van der Waals surface area (Å²) >= 11 is 0. The lowest BCUT2D eigenvalue weighted by Gasteiger charge is -2.27. The molecule has 2 bridgehead atoms. The summed E-state index contributed by atoms with van der Waals surface area (Å²) in [6.45, 7) is 2.60. The molecule has 0 spiro atoms. The summed E-state index contributed by atoms with van der Waals surface area (Å²) in [5.41, 5.74) is 0. The van der Waals surface area contributed by atoms with Gasteiger partial charge in [-0.2, -0.15) is 13.5 Å². The molecule has 0 saturated carbocycles. The number of piperazine rings is 1. The van der Waals surface area contributed by atoms with Crippen LogP contribution in [0.25, 0.3) is 0 Å². The van der Waals surface area contributed by atoms with E-state index in [0.717, 1.165) is 13.1 Å². The van der Waals surface area contributed by atoms with Crippen LogP contribution in [0.3, 0.4) is 0 Å². The zero-order chi connectivity index (χ0) is 17.6. The van der Waals surface area contributed by atoms with E-state index in [1.54, 1.807) is 0 Å². The van der Waals surface area contributed by atoms with Gasteiger partial charge in [0, 0.05) is 26.2 Å². The molecule has 3 fully saturated rings. The first-order valence-corrected chi connectivity index (χ1v) is 9.33. The molecule has 25 heavy (non-hydrogen) atoms. The zero-order valence-electron chi connectivity index (χ0n) is 13.2. The van der Waals surface area contributed by atoms with Gasteiger partial charge in [0.2, 0.25) is 11.8 Å². The number of hydrogen-bond acceptors (Lipinski definition) is 9. The van der Waals surface area contributed by atoms with E-state index >= 15 is 0 Å². The third kappa shape index (κ3) is 3.20. The normalized spacial score (nSPS) is 30.1. The van der Waals surface area contributed by atoms with Gasteiger partial charge in [0.1, 0.15) is 6.04 Å². The number of rotatable bonds is 4. The van der Waals surface area contributed by atoms with E-state index in [9.17, 15) is 13.2 Å². The first-order valence-electron chi connectivity index (χ1n) is 7.96. The van der Waals surface area contributed by atoms with E-state index in [-0.39, 0.29) is 12.6 Å². The Bertz CT molecular complexity index is 762. The summed E-state index contributed by atoms with van der Waals surface area (Å²) in [5, 5.41) is 15.3. The molecule has 12 nitrogen and oxygen atoms in total. The molecule has 3 aliphatic heterocycles. The molecular formula is C12H18N6O6S. The highest BCUT2D eigenvalue weighted by molar-refractivity contribution is 7.80. The van der Waals surface area contributed by atoms with Crippen LogP contribution in [0, 0.1) is 0 Å². The van der Waals surface area contributed by atoms with E-state index in [2.05, 4.69) is 25.1 Å². The van der Waals surface area contributed by atoms with Gasteiger partial charge in [0.15, 0.2) is 0 Å². The lowest BCUT2D eigenvalue weighted by atomic mass is 10.0. The minimum Gasteiger partial charge on any atom is -0.421 e. The van der Waals surface area contributed by atoms with E-state index < -0.39 is 28.5 Å². The topological polar surface area (TPSA) is 150 Å². The maximum atomic E-state index is 12.4. The van der Waals surface area contributed by atoms with E-state index in [4.69, 9.17) is 8.97 Å². The number of urea groups is 1. The van der Waals surface area contributed by atoms with E-state index in [0.29, 0.717) is 36.2 Å². The minimum absolute atomic E-state index is 0.0833. The Morgan fingerprint density at radius 3 is 2.76 bits per heavy atom. The molecule has 0 aliphatic carbocycles. The number of fused-ring (bicyclic) bond motifs is 2. The van der Waals surface area contributed by atoms with E-state index in [1.165, 1.54) is 4.90 Å². The molecule has 3 saturated heterocycles. The SMILES string of the molecule is O=C1N2CC(CCC2c2nnc(C3CNCCN3)o2)N1OS(=O)(=O)O. The fraction of sp³-hybridized carbons (Fsp3) is 0.750. The van der Waals surface area contributed by atoms with Crippen LogP contribution in [0.1, 0.15) is 36.7 Å². The van der Waals surface area contributed by atoms with Crippen molar-refractivity contribution in [2.24, 2.45) is 0 Å². The number of hydrogen-bond donors (Lipinski definition) is 3. The van der Waals surface area contributed by atoms with Crippen LogP contribution in [-0.2, 0) is 14.7 Å². The number of carbonyl (C=O) groups excluding carboxylic acids is 1. The number of hydroxylamine groups is 2. The Morgan fingerprint density at radius 1 is 1.24 bits per heavy atom. The molecule has 3 N–H and O–H groups in total. The van der Waals surface area contributed by atoms with Crippen LogP contribution in [0.5, 0.6) is 0 Å². The largest absolute Gasteiger partial charge is 0.421 e. The number of nitrogens with one attached hydrogen (secondary N) is 2. The number of carbonyl (C=O) groups is 1. The maximum absolute atomic E-state index is 12.4. The first-order chi connectivity index (χ1) is 11.9. The van der Waals surface area contributed by atoms with Crippen LogP contribution < -0.4 is 10.6 Å². The molecule has 3 aliphatic rings. The predicted octanol–water partition coefficient (Wildman–Crippen LogP) is -1.02. The van der Waals surface area contributed by atoms with Gasteiger partial charge in [0.25, 0.3) is 0 Å². The van der Waals surface area contributed by atoms with Crippen molar-refractivity contribution in [1.29, 1.82) is 0 Å². The molecule has 0 aromatic carbocycles. The molecule has 2 amide bonds. The highest BCUT2D eigenvalue weighted by atomic mass is 32.3. The Kier molecular flexibility index (Phi) is 4.11. The second kappa shape index (κ2) is 6.17. The highest BCUT2D eigenvalue weighted by Gasteiger charge is 2.49. The summed E-state index contributed by atoms with van der Waals surface area (Å²) in [4.78, 5) is 13.8. The van der Waals surface area contributed by atoms with Crippen molar-refractivity contribution in [1.82, 2.24) is 30.8 Å². The summed E-state index contributed by atoms with van der Waals surface area (Å²) in [7, 11) is -4.76. The summed E-state index contributed by atoms with van der Waals surface area (Å²) in [6.07, 6.45) is 1.02. The summed E-state index contributed by atoms with van der Waals surface area (Å²) in [6, 6.07) is -1.63. The number of aromatic nitrogens is 2. The second-order valence-corrected chi connectivity index (χ2v) is 7.20. The Hall–Kier alpha value is -1.80. The third-order valence-electron chi connectivity index (χ3n) is 4.58. The predicted molar refractivity (Wildman–Crippen MR) is 80.2 cm³/mol. The summed E-state index contributed by atoms with van der Waals surface area (Å²) < 4.78 is 40.8. The van der Waals surface area contributed by atoms with Crippen LogP contribution >= 0.6 is 0 Å². The lowest BCUT2D eigenvalue weighted by molar-refractivity contribution is -0.0317. The van der Waals surface area contributed by atoms with Crippen molar-refractivity contribution in [2.45, 2.75) is 31.0 Å². The molecule has 138 valence electrons. The number of nitrogens with zero attached hydrogens (tertiary/aromatic N) is 4. The molecule has 1 aromatic heterocycles. The van der Waals surface area contributed by atoms with Crippen molar-refractivity contribution in [2.75, 3.05) is 26.2 Å². The van der Waals surface area contributed by atoms with Crippen LogP contribution in [0.15, 0.2) is 4.42 Å². The minimum atomic E-state index is -4.76. The Labute approximate surface area is 143 Å². The third-order valence-corrected chi connectivity index (χ3v) is 4.93. The average molecular weight is 374 g/mol. The van der Waals surface area contributed by atoms with Crippen LogP contribution in [0.2, 0.25) is 0 Å². The van der Waals surface area contributed by atoms with E-state index in [1.807, 2.05) is 0 Å². The molecule has 0 radical (unpaired) electrons. The Balaban J connectivity index is 1.51. The molecule has 4 heterocycles. The summed E-state index contributed by atoms with van der Waals surface area (Å²) in [5.74, 6) is 0.755. The van der Waals surface area contributed by atoms with Crippen LogP contribution in [-0.4, -0.2) is 71.4 Å². The van der Waals surface area contributed by atoms with Gasteiger partial charge < -0.3 is 20.0 Å². The second-order valence-electron chi connectivity index (χ2n) is 6.20. The quantitative estimate of drug-likeness (QED) is 0.559. The highest BCUT2D eigenvalue weighted by Crippen LogP contribution is 2.38. The fourth-order valence-electron chi connectivity index (χ4n) is 3.44. The smallest absolute Gasteiger partial charge is 0.418 e. The van der Waals surface area contributed by atoms with Gasteiger partial charge in [-0.1, -0.05) is 0 Å². The molecular weight excluding hydrogens is 356 g/mol. The fourth-order valence-corrected chi connectivity index (χ4v) is 3.83. The van der Waals surface area contributed by atoms with Gasteiger partial charge in [-0.25, -0.2) is 4.79 Å². The average Bonchev–Trinajstić information content (AvgIpc) is 3.16. The number of piperidine rings is 1. The van der Waals surface area contributed by atoms with Crippen molar-refractivity contribution in [3.63, 3.8) is 0 Å². The molecule has 4 rings (SSSR count). The van der Waals surface area contributed by atoms with Crippen LogP contribution in [0.4, 0.5) is 4.79 Å². The zero-order valence-corrected chi connectivity index (χ0v) is 14.0. The molecule has 3 unspecified atom stereocenters. The molecule has 13 heteroatoms. The van der Waals surface area contributed by atoms with Crippen molar-refractivity contribution < 1.29 is 26.5 Å². The van der Waals surface area contributed by atoms with Crippen molar-refractivity contribution in [3.05, 3.63) is 11.8 Å². The number of amides is 2. The van der Waals surface area contributed by atoms with Crippen molar-refractivity contribution in [3.8, 4) is 0 Å². The first kappa shape index (κ1) is 16.7. The standard InChI is InChI=1S/C12H18N6O6S/c19-12-17-6-7(18(12)24-25(20,21)22)1-2-9(17)11-16-15-10(23-11)8-5-13-3-4-14-8/h7-9,13-14H,1-6H2,(H,20,21,22). The van der Waals surface area contributed by atoms with Gasteiger partial charge in [-0.15, -0.1) is 14.5 Å². The van der Waals surface area contributed by atoms with Gasteiger partial charge in [0.05, 0.1) is 12.1 Å². The van der Waals surface area contributed by atoms with Gasteiger partial charge in [-0.3, -0.25) is 4.55 Å². The Morgan fingerprint density at radius 2 is 2.04 bits per heavy atom.